The first-order valence-corrected chi connectivity index (χ1v) is 5.02. The van der Waals surface area contributed by atoms with Crippen molar-refractivity contribution in [1.29, 1.82) is 0 Å². The molecule has 0 bridgehead atoms. The maximum absolute atomic E-state index is 5.31. The van der Waals surface area contributed by atoms with Crippen molar-refractivity contribution >= 4 is 0 Å². The van der Waals surface area contributed by atoms with Gasteiger partial charge in [-0.3, -0.25) is 0 Å². The molecule has 2 atom stereocenters. The lowest BCUT2D eigenvalue weighted by atomic mass is 10.0. The molecule has 0 saturated carbocycles. The summed E-state index contributed by atoms with van der Waals surface area (Å²) in [4.78, 5) is 0. The Hall–Kier alpha value is -0.860. The summed E-state index contributed by atoms with van der Waals surface area (Å²) >= 11 is 0. The Morgan fingerprint density at radius 1 is 1.29 bits per heavy atom. The molecule has 0 aliphatic heterocycles. The van der Waals surface area contributed by atoms with Crippen LogP contribution in [0.1, 0.15) is 12.5 Å². The standard InChI is InChI=1S/C12H19NO/c1-10(14-3)12(13-2)9-11-7-5-4-6-8-11/h4-8,10,12-13H,9H2,1-3H3. The Morgan fingerprint density at radius 3 is 2.43 bits per heavy atom. The summed E-state index contributed by atoms with van der Waals surface area (Å²) < 4.78 is 5.31. The average molecular weight is 193 g/mol. The first-order valence-electron chi connectivity index (χ1n) is 5.02. The van der Waals surface area contributed by atoms with Crippen LogP contribution in [0.5, 0.6) is 0 Å². The largest absolute Gasteiger partial charge is 0.380 e. The van der Waals surface area contributed by atoms with E-state index in [-0.39, 0.29) is 6.10 Å². The first kappa shape index (κ1) is 11.2. The molecule has 1 aromatic carbocycles. The summed E-state index contributed by atoms with van der Waals surface area (Å²) in [5.74, 6) is 0. The molecule has 2 unspecified atom stereocenters. The van der Waals surface area contributed by atoms with Crippen molar-refractivity contribution in [3.8, 4) is 0 Å². The highest BCUT2D eigenvalue weighted by Crippen LogP contribution is 2.07. The summed E-state index contributed by atoms with van der Waals surface area (Å²) in [5.41, 5.74) is 1.34. The van der Waals surface area contributed by atoms with E-state index in [2.05, 4.69) is 36.5 Å². The quantitative estimate of drug-likeness (QED) is 0.770. The van der Waals surface area contributed by atoms with E-state index in [9.17, 15) is 0 Å². The van der Waals surface area contributed by atoms with Crippen LogP contribution in [0, 0.1) is 0 Å². The zero-order chi connectivity index (χ0) is 10.4. The molecule has 1 N–H and O–H groups in total. The van der Waals surface area contributed by atoms with Gasteiger partial charge in [0.25, 0.3) is 0 Å². The fourth-order valence-corrected chi connectivity index (χ4v) is 1.54. The summed E-state index contributed by atoms with van der Waals surface area (Å²) in [7, 11) is 3.73. The minimum Gasteiger partial charge on any atom is -0.380 e. The molecule has 78 valence electrons. The Labute approximate surface area is 86.3 Å². The number of nitrogens with one attached hydrogen (secondary N) is 1. The van der Waals surface area contributed by atoms with E-state index in [1.165, 1.54) is 5.56 Å². The lowest BCUT2D eigenvalue weighted by Crippen LogP contribution is -2.38. The van der Waals surface area contributed by atoms with Crippen molar-refractivity contribution in [2.45, 2.75) is 25.5 Å². The number of ether oxygens (including phenoxy) is 1. The lowest BCUT2D eigenvalue weighted by molar-refractivity contribution is 0.0857. The summed E-state index contributed by atoms with van der Waals surface area (Å²) in [6, 6.07) is 10.8. The SMILES string of the molecule is CNC(Cc1ccccc1)C(C)OC. The molecule has 0 aromatic heterocycles. The maximum atomic E-state index is 5.31. The smallest absolute Gasteiger partial charge is 0.0699 e. The van der Waals surface area contributed by atoms with Gasteiger partial charge in [-0.25, -0.2) is 0 Å². The Balaban J connectivity index is 2.57. The highest BCUT2D eigenvalue weighted by atomic mass is 16.5. The molecule has 0 spiro atoms. The number of likely N-dealkylation sites (N-methyl/N-ethyl adjacent to an activating group) is 1. The van der Waals surface area contributed by atoms with Crippen LogP contribution in [-0.4, -0.2) is 26.3 Å². The van der Waals surface area contributed by atoms with Gasteiger partial charge in [-0.1, -0.05) is 30.3 Å². The van der Waals surface area contributed by atoms with Gasteiger partial charge in [0.2, 0.25) is 0 Å². The normalized spacial score (nSPS) is 15.1. The van der Waals surface area contributed by atoms with Crippen LogP contribution in [0.4, 0.5) is 0 Å². The molecule has 1 rings (SSSR count). The van der Waals surface area contributed by atoms with Crippen molar-refractivity contribution in [1.82, 2.24) is 5.32 Å². The fourth-order valence-electron chi connectivity index (χ4n) is 1.54. The van der Waals surface area contributed by atoms with E-state index in [0.717, 1.165) is 6.42 Å². The van der Waals surface area contributed by atoms with Crippen molar-refractivity contribution in [3.05, 3.63) is 35.9 Å². The van der Waals surface area contributed by atoms with Gasteiger partial charge < -0.3 is 10.1 Å². The van der Waals surface area contributed by atoms with E-state index in [1.807, 2.05) is 13.1 Å². The summed E-state index contributed by atoms with van der Waals surface area (Å²) in [6.07, 6.45) is 1.24. The maximum Gasteiger partial charge on any atom is 0.0699 e. The van der Waals surface area contributed by atoms with Crippen molar-refractivity contribution in [3.63, 3.8) is 0 Å². The van der Waals surface area contributed by atoms with E-state index < -0.39 is 0 Å². The molecule has 2 nitrogen and oxygen atoms in total. The van der Waals surface area contributed by atoms with Crippen molar-refractivity contribution in [2.24, 2.45) is 0 Å². The predicted octanol–water partition coefficient (Wildman–Crippen LogP) is 1.85. The number of methoxy groups -OCH3 is 1. The number of hydrogen-bond acceptors (Lipinski definition) is 2. The van der Waals surface area contributed by atoms with Crippen LogP contribution < -0.4 is 5.32 Å². The molecular formula is C12H19NO. The van der Waals surface area contributed by atoms with Gasteiger partial charge >= 0.3 is 0 Å². The number of hydrogen-bond donors (Lipinski definition) is 1. The minimum atomic E-state index is 0.236. The lowest BCUT2D eigenvalue weighted by Gasteiger charge is -2.22. The van der Waals surface area contributed by atoms with Crippen LogP contribution in [0.2, 0.25) is 0 Å². The minimum absolute atomic E-state index is 0.236. The molecule has 0 radical (unpaired) electrons. The third-order valence-corrected chi connectivity index (χ3v) is 2.61. The third-order valence-electron chi connectivity index (χ3n) is 2.61. The van der Waals surface area contributed by atoms with Crippen LogP contribution in [0.3, 0.4) is 0 Å². The molecule has 14 heavy (non-hydrogen) atoms. The van der Waals surface area contributed by atoms with E-state index >= 15 is 0 Å². The molecule has 2 heteroatoms. The molecule has 0 aliphatic carbocycles. The van der Waals surface area contributed by atoms with Crippen LogP contribution in [0.25, 0.3) is 0 Å². The second-order valence-corrected chi connectivity index (χ2v) is 3.53. The van der Waals surface area contributed by atoms with Gasteiger partial charge in [-0.2, -0.15) is 0 Å². The molecule has 0 amide bonds. The highest BCUT2D eigenvalue weighted by Gasteiger charge is 2.14. The zero-order valence-electron chi connectivity index (χ0n) is 9.16. The fraction of sp³-hybridized carbons (Fsp3) is 0.500. The first-order chi connectivity index (χ1) is 6.77. The molecule has 0 aliphatic rings. The van der Waals surface area contributed by atoms with Gasteiger partial charge in [0.15, 0.2) is 0 Å². The topological polar surface area (TPSA) is 21.3 Å². The van der Waals surface area contributed by atoms with Crippen LogP contribution >= 0.6 is 0 Å². The van der Waals surface area contributed by atoms with E-state index in [1.54, 1.807) is 7.11 Å². The molecule has 0 saturated heterocycles. The monoisotopic (exact) mass is 193 g/mol. The number of rotatable bonds is 5. The highest BCUT2D eigenvalue weighted by molar-refractivity contribution is 5.16. The summed E-state index contributed by atoms with van der Waals surface area (Å²) in [5, 5.41) is 3.28. The number of benzene rings is 1. The molecular weight excluding hydrogens is 174 g/mol. The molecule has 0 fully saturated rings. The average Bonchev–Trinajstić information content (AvgIpc) is 2.26. The summed E-state index contributed by atoms with van der Waals surface area (Å²) in [6.45, 7) is 2.09. The van der Waals surface area contributed by atoms with Crippen LogP contribution in [-0.2, 0) is 11.2 Å². The van der Waals surface area contributed by atoms with Crippen molar-refractivity contribution < 1.29 is 4.74 Å². The van der Waals surface area contributed by atoms with Gasteiger partial charge in [0, 0.05) is 13.2 Å². The van der Waals surface area contributed by atoms with Gasteiger partial charge in [0.05, 0.1) is 6.10 Å². The molecule has 1 aromatic rings. The van der Waals surface area contributed by atoms with Crippen molar-refractivity contribution in [2.75, 3.05) is 14.2 Å². The van der Waals surface area contributed by atoms with E-state index in [0.29, 0.717) is 6.04 Å². The second-order valence-electron chi connectivity index (χ2n) is 3.53. The Morgan fingerprint density at radius 2 is 1.93 bits per heavy atom. The van der Waals surface area contributed by atoms with Gasteiger partial charge in [-0.05, 0) is 26.0 Å². The van der Waals surface area contributed by atoms with Gasteiger partial charge in [-0.15, -0.1) is 0 Å². The Kier molecular flexibility index (Phi) is 4.63. The zero-order valence-corrected chi connectivity index (χ0v) is 9.16. The van der Waals surface area contributed by atoms with Gasteiger partial charge in [0.1, 0.15) is 0 Å². The van der Waals surface area contributed by atoms with E-state index in [4.69, 9.17) is 4.74 Å². The predicted molar refractivity (Wildman–Crippen MR) is 59.5 cm³/mol. The van der Waals surface area contributed by atoms with Crippen LogP contribution in [0.15, 0.2) is 30.3 Å². The third kappa shape index (κ3) is 3.13. The Bertz CT molecular complexity index is 248. The second kappa shape index (κ2) is 5.78. The molecule has 0 heterocycles.